The highest BCUT2D eigenvalue weighted by atomic mass is 79.9. The third kappa shape index (κ3) is 2.85. The monoisotopic (exact) mass is 427 g/mol. The Morgan fingerprint density at radius 1 is 1.25 bits per heavy atom. The molecule has 0 aromatic heterocycles. The molecular weight excluding hydrogens is 410 g/mol. The summed E-state index contributed by atoms with van der Waals surface area (Å²) in [6.45, 7) is 8.28. The summed E-state index contributed by atoms with van der Waals surface area (Å²) in [6, 6.07) is 7.63. The Balaban J connectivity index is 1.96. The molecule has 2 aliphatic rings. The fourth-order valence-electron chi connectivity index (χ4n) is 2.87. The minimum Gasteiger partial charge on any atom is -0.293 e. The van der Waals surface area contributed by atoms with Crippen LogP contribution < -0.4 is 0 Å². The molecular formula is C18H19BrClNO2S. The second-order valence-electron chi connectivity index (χ2n) is 7.14. The lowest BCUT2D eigenvalue weighted by Crippen LogP contribution is -2.63. The van der Waals surface area contributed by atoms with E-state index in [0.29, 0.717) is 11.3 Å². The van der Waals surface area contributed by atoms with Gasteiger partial charge in [-0.25, -0.2) is 0 Å². The summed E-state index contributed by atoms with van der Waals surface area (Å²) < 4.78 is -0.0131. The highest BCUT2D eigenvalue weighted by molar-refractivity contribution is 9.11. The second-order valence-corrected chi connectivity index (χ2v) is 10.4. The number of hydrogen-bond donors (Lipinski definition) is 0. The molecule has 128 valence electrons. The predicted molar refractivity (Wildman–Crippen MR) is 103 cm³/mol. The van der Waals surface area contributed by atoms with Gasteiger partial charge < -0.3 is 0 Å². The summed E-state index contributed by atoms with van der Waals surface area (Å²) in [5, 5.41) is -0.741. The Morgan fingerprint density at radius 3 is 2.38 bits per heavy atom. The van der Waals surface area contributed by atoms with Crippen LogP contribution in [0.3, 0.4) is 0 Å². The first-order valence-corrected chi connectivity index (χ1v) is 10.0. The Morgan fingerprint density at radius 2 is 1.83 bits per heavy atom. The first-order valence-electron chi connectivity index (χ1n) is 7.75. The van der Waals surface area contributed by atoms with Gasteiger partial charge in [0.15, 0.2) is 0 Å². The highest BCUT2D eigenvalue weighted by Crippen LogP contribution is 2.48. The molecule has 1 amide bonds. The molecule has 0 radical (unpaired) electrons. The number of allylic oxidation sites excluding steroid dienone is 1. The van der Waals surface area contributed by atoms with Crippen molar-refractivity contribution in [1.29, 1.82) is 0 Å². The van der Waals surface area contributed by atoms with Crippen LogP contribution in [0.5, 0.6) is 0 Å². The van der Waals surface area contributed by atoms with E-state index >= 15 is 0 Å². The average molecular weight is 429 g/mol. The summed E-state index contributed by atoms with van der Waals surface area (Å²) in [7, 11) is 0. The van der Waals surface area contributed by atoms with Gasteiger partial charge in [0.1, 0.15) is 10.8 Å². The van der Waals surface area contributed by atoms with Gasteiger partial charge in [-0.05, 0) is 23.5 Å². The van der Waals surface area contributed by atoms with Crippen LogP contribution in [0, 0.1) is 0 Å². The van der Waals surface area contributed by atoms with Gasteiger partial charge in [-0.1, -0.05) is 61.0 Å². The molecule has 1 fully saturated rings. The van der Waals surface area contributed by atoms with Crippen LogP contribution in [0.4, 0.5) is 0 Å². The number of nitrogens with zero attached hydrogens (tertiary/aromatic N) is 1. The Labute approximate surface area is 159 Å². The van der Waals surface area contributed by atoms with E-state index in [0.717, 1.165) is 5.57 Å². The maximum atomic E-state index is 13.0. The zero-order valence-electron chi connectivity index (χ0n) is 14.0. The molecule has 6 heteroatoms. The van der Waals surface area contributed by atoms with Crippen LogP contribution in [0.15, 0.2) is 35.5 Å². The third-order valence-corrected chi connectivity index (χ3v) is 7.68. The molecule has 1 aromatic rings. The van der Waals surface area contributed by atoms with Gasteiger partial charge in [-0.2, -0.15) is 0 Å². The van der Waals surface area contributed by atoms with E-state index in [9.17, 15) is 9.59 Å². The topological polar surface area (TPSA) is 37.4 Å². The number of alkyl halides is 2. The van der Waals surface area contributed by atoms with Crippen molar-refractivity contribution < 1.29 is 9.59 Å². The fourth-order valence-corrected chi connectivity index (χ4v) is 5.29. The van der Waals surface area contributed by atoms with E-state index in [4.69, 9.17) is 11.6 Å². The number of halogens is 2. The molecule has 2 heterocycles. The molecule has 0 saturated carbocycles. The van der Waals surface area contributed by atoms with Crippen molar-refractivity contribution in [3.05, 3.63) is 46.7 Å². The lowest BCUT2D eigenvalue weighted by molar-refractivity contribution is -0.137. The van der Waals surface area contributed by atoms with Gasteiger partial charge in [0.05, 0.1) is 9.86 Å². The van der Waals surface area contributed by atoms with Gasteiger partial charge in [0.25, 0.3) is 0 Å². The van der Waals surface area contributed by atoms with E-state index in [2.05, 4.69) is 36.7 Å². The zero-order chi connectivity index (χ0) is 17.8. The number of rotatable bonds is 2. The van der Waals surface area contributed by atoms with Crippen molar-refractivity contribution in [2.45, 2.75) is 48.0 Å². The molecule has 1 unspecified atom stereocenters. The summed E-state index contributed by atoms with van der Waals surface area (Å²) >= 11 is 11.2. The summed E-state index contributed by atoms with van der Waals surface area (Å²) in [4.78, 5) is 26.7. The molecule has 1 saturated heterocycles. The summed E-state index contributed by atoms with van der Waals surface area (Å²) in [5.41, 5.74) is 3.11. The first kappa shape index (κ1) is 18.0. The number of carbonyl (C=O) groups excluding carboxylic acids is 2. The number of benzene rings is 1. The quantitative estimate of drug-likeness (QED) is 0.390. The van der Waals surface area contributed by atoms with Crippen LogP contribution >= 0.6 is 39.3 Å². The molecule has 0 N–H and O–H groups in total. The van der Waals surface area contributed by atoms with Gasteiger partial charge in [0, 0.05) is 5.56 Å². The van der Waals surface area contributed by atoms with Gasteiger partial charge >= 0.3 is 0 Å². The smallest absolute Gasteiger partial charge is 0.249 e. The van der Waals surface area contributed by atoms with Crippen molar-refractivity contribution in [2.75, 3.05) is 0 Å². The average Bonchev–Trinajstić information content (AvgIpc) is 2.55. The van der Waals surface area contributed by atoms with Gasteiger partial charge in [-0.3, -0.25) is 14.5 Å². The number of Topliss-reactive ketones (excluding diaryl/α,β-unsaturated/α-hetero) is 1. The number of ketones is 1. The minimum absolute atomic E-state index is 0.0131. The lowest BCUT2D eigenvalue weighted by atomic mass is 9.86. The number of β-lactam (4-membered cyclic amide) rings is 1. The molecule has 24 heavy (non-hydrogen) atoms. The number of thioether (sulfide) groups is 1. The van der Waals surface area contributed by atoms with Crippen molar-refractivity contribution in [3.63, 3.8) is 0 Å². The molecule has 0 spiro atoms. The van der Waals surface area contributed by atoms with Gasteiger partial charge in [0.2, 0.25) is 11.7 Å². The normalized spacial score (nSPS) is 27.0. The predicted octanol–water partition coefficient (Wildman–Crippen LogP) is 4.68. The zero-order valence-corrected chi connectivity index (χ0v) is 17.1. The molecule has 0 aliphatic carbocycles. The Kier molecular flexibility index (Phi) is 4.65. The first-order chi connectivity index (χ1) is 11.1. The van der Waals surface area contributed by atoms with Crippen LogP contribution in [0.2, 0.25) is 0 Å². The van der Waals surface area contributed by atoms with E-state index in [-0.39, 0.29) is 26.6 Å². The minimum atomic E-state index is -0.561. The third-order valence-electron chi connectivity index (χ3n) is 4.42. The van der Waals surface area contributed by atoms with Crippen LogP contribution in [0.25, 0.3) is 0 Å². The second kappa shape index (κ2) is 6.19. The molecule has 3 nitrogen and oxygen atoms in total. The van der Waals surface area contributed by atoms with E-state index in [1.54, 1.807) is 16.7 Å². The van der Waals surface area contributed by atoms with Crippen molar-refractivity contribution >= 4 is 51.0 Å². The number of fused-ring (bicyclic) bond motifs is 1. The highest BCUT2D eigenvalue weighted by Gasteiger charge is 2.53. The van der Waals surface area contributed by atoms with E-state index in [1.165, 1.54) is 5.56 Å². The fraction of sp³-hybridized carbons (Fsp3) is 0.444. The standard InChI is InChI=1S/C18H19BrClNO2S/c1-9-13(21-16(23)12(20)17(21)24-15(9)19)14(22)10-5-7-11(8-6-10)18(2,3)4/h5-8,12,15,17H,1-4H3/t12-,15?,17+/m0/s1. The van der Waals surface area contributed by atoms with Crippen molar-refractivity contribution in [1.82, 2.24) is 4.90 Å². The SMILES string of the molecule is CC1=C(C(=O)c2ccc(C(C)(C)C)cc2)N2C(=O)[C@H](Cl)[C@H]2SC1Br. The Bertz CT molecular complexity index is 738. The lowest BCUT2D eigenvalue weighted by Gasteiger charge is -2.48. The molecule has 0 bridgehead atoms. The summed E-state index contributed by atoms with van der Waals surface area (Å²) in [6.07, 6.45) is 0. The van der Waals surface area contributed by atoms with Crippen LogP contribution in [-0.2, 0) is 10.2 Å². The van der Waals surface area contributed by atoms with Crippen LogP contribution in [0.1, 0.15) is 43.6 Å². The maximum Gasteiger partial charge on any atom is 0.249 e. The largest absolute Gasteiger partial charge is 0.293 e. The molecule has 2 aliphatic heterocycles. The molecule has 3 atom stereocenters. The van der Waals surface area contributed by atoms with E-state index < -0.39 is 5.38 Å². The molecule has 1 aromatic carbocycles. The number of carbonyl (C=O) groups is 2. The summed E-state index contributed by atoms with van der Waals surface area (Å²) in [5.74, 6) is -0.317. The molecule has 3 rings (SSSR count). The van der Waals surface area contributed by atoms with Gasteiger partial charge in [-0.15, -0.1) is 23.4 Å². The van der Waals surface area contributed by atoms with Crippen molar-refractivity contribution in [3.8, 4) is 0 Å². The van der Waals surface area contributed by atoms with Crippen molar-refractivity contribution in [2.24, 2.45) is 0 Å². The number of amides is 1. The maximum absolute atomic E-state index is 13.0. The van der Waals surface area contributed by atoms with E-state index in [1.807, 2.05) is 31.2 Å². The number of hydrogen-bond acceptors (Lipinski definition) is 3. The Hall–Kier alpha value is -0.780. The van der Waals surface area contributed by atoms with Crippen LogP contribution in [-0.4, -0.2) is 31.5 Å².